The van der Waals surface area contributed by atoms with E-state index in [-0.39, 0.29) is 5.92 Å². The van der Waals surface area contributed by atoms with Gasteiger partial charge in [-0.1, -0.05) is 0 Å². The Morgan fingerprint density at radius 2 is 1.96 bits per heavy atom. The second kappa shape index (κ2) is 6.88. The first-order valence-electron chi connectivity index (χ1n) is 9.33. The molecule has 0 spiro atoms. The topological polar surface area (TPSA) is 51.2 Å². The highest BCUT2D eigenvalue weighted by Gasteiger charge is 2.35. The molecule has 9 heteroatoms. The van der Waals surface area contributed by atoms with Crippen LogP contribution in [0, 0.1) is 19.8 Å². The van der Waals surface area contributed by atoms with Crippen molar-refractivity contribution in [2.24, 2.45) is 5.92 Å². The maximum atomic E-state index is 12.9. The monoisotopic (exact) mass is 392 g/mol. The standard InChI is InChI=1S/C19H23F3N6/c1-12-6-13(2)28-10-15(24-18(28)23-12)9-26(3)7-14-4-5-17-25-16(19(20,21)22)11-27(17)8-14/h6,10-11,14H,4-5,7-9H2,1-3H3. The zero-order valence-electron chi connectivity index (χ0n) is 16.2. The van der Waals surface area contributed by atoms with E-state index in [4.69, 9.17) is 0 Å². The summed E-state index contributed by atoms with van der Waals surface area (Å²) in [5, 5.41) is 0. The molecule has 4 rings (SSSR count). The second-order valence-electron chi connectivity index (χ2n) is 7.74. The van der Waals surface area contributed by atoms with E-state index < -0.39 is 11.9 Å². The molecule has 0 saturated carbocycles. The van der Waals surface area contributed by atoms with Gasteiger partial charge in [0.1, 0.15) is 5.82 Å². The molecule has 1 aliphatic rings. The van der Waals surface area contributed by atoms with E-state index in [2.05, 4.69) is 19.9 Å². The minimum Gasteiger partial charge on any atom is -0.334 e. The van der Waals surface area contributed by atoms with Crippen LogP contribution in [-0.2, 0) is 25.7 Å². The van der Waals surface area contributed by atoms with E-state index in [1.54, 1.807) is 4.57 Å². The summed E-state index contributed by atoms with van der Waals surface area (Å²) in [6, 6.07) is 2.02. The highest BCUT2D eigenvalue weighted by molar-refractivity contribution is 5.34. The normalized spacial score (nSPS) is 17.5. The van der Waals surface area contributed by atoms with Crippen molar-refractivity contribution in [1.29, 1.82) is 0 Å². The van der Waals surface area contributed by atoms with Gasteiger partial charge in [0.2, 0.25) is 5.78 Å². The number of rotatable bonds is 4. The van der Waals surface area contributed by atoms with Crippen LogP contribution in [0.5, 0.6) is 0 Å². The van der Waals surface area contributed by atoms with E-state index in [1.807, 2.05) is 37.6 Å². The Labute approximate surface area is 161 Å². The lowest BCUT2D eigenvalue weighted by Gasteiger charge is -2.27. The molecule has 4 heterocycles. The van der Waals surface area contributed by atoms with Gasteiger partial charge in [0, 0.05) is 49.8 Å². The van der Waals surface area contributed by atoms with Crippen LogP contribution in [0.1, 0.15) is 35.0 Å². The molecule has 0 radical (unpaired) electrons. The van der Waals surface area contributed by atoms with Crippen molar-refractivity contribution in [2.75, 3.05) is 13.6 Å². The first kappa shape index (κ1) is 18.9. The molecule has 0 amide bonds. The Morgan fingerprint density at radius 3 is 2.71 bits per heavy atom. The van der Waals surface area contributed by atoms with Gasteiger partial charge in [0.05, 0.1) is 5.69 Å². The molecule has 0 fully saturated rings. The van der Waals surface area contributed by atoms with Gasteiger partial charge >= 0.3 is 6.18 Å². The molecule has 0 aliphatic carbocycles. The molecule has 28 heavy (non-hydrogen) atoms. The fourth-order valence-corrected chi connectivity index (χ4v) is 3.98. The number of hydrogen-bond donors (Lipinski definition) is 0. The third-order valence-corrected chi connectivity index (χ3v) is 5.19. The number of alkyl halides is 3. The molecule has 0 aromatic carbocycles. The summed E-state index contributed by atoms with van der Waals surface area (Å²) in [6.45, 7) is 6.00. The summed E-state index contributed by atoms with van der Waals surface area (Å²) in [7, 11) is 2.01. The van der Waals surface area contributed by atoms with E-state index in [9.17, 15) is 13.2 Å². The lowest BCUT2D eigenvalue weighted by Crippen LogP contribution is -2.31. The van der Waals surface area contributed by atoms with Gasteiger partial charge in [0.15, 0.2) is 5.69 Å². The Balaban J connectivity index is 1.41. The van der Waals surface area contributed by atoms with Gasteiger partial charge in [-0.25, -0.2) is 15.0 Å². The third-order valence-electron chi connectivity index (χ3n) is 5.19. The number of fused-ring (bicyclic) bond motifs is 2. The van der Waals surface area contributed by atoms with E-state index >= 15 is 0 Å². The van der Waals surface area contributed by atoms with Crippen LogP contribution in [-0.4, -0.2) is 42.4 Å². The van der Waals surface area contributed by atoms with Crippen LogP contribution in [0.25, 0.3) is 5.78 Å². The summed E-state index contributed by atoms with van der Waals surface area (Å²) >= 11 is 0. The molecule has 0 bridgehead atoms. The fourth-order valence-electron chi connectivity index (χ4n) is 3.98. The van der Waals surface area contributed by atoms with Crippen molar-refractivity contribution in [3.05, 3.63) is 47.1 Å². The molecule has 3 aromatic heterocycles. The average Bonchev–Trinajstić information content (AvgIpc) is 3.17. The highest BCUT2D eigenvalue weighted by atomic mass is 19.4. The summed E-state index contributed by atoms with van der Waals surface area (Å²) in [5.41, 5.74) is 2.16. The van der Waals surface area contributed by atoms with Crippen LogP contribution in [0.2, 0.25) is 0 Å². The number of nitrogens with zero attached hydrogens (tertiary/aromatic N) is 6. The van der Waals surface area contributed by atoms with E-state index in [1.165, 1.54) is 0 Å². The largest absolute Gasteiger partial charge is 0.434 e. The van der Waals surface area contributed by atoms with Crippen LogP contribution >= 0.6 is 0 Å². The summed E-state index contributed by atoms with van der Waals surface area (Å²) in [6.07, 6.45) is 0.164. The van der Waals surface area contributed by atoms with Gasteiger partial charge in [0.25, 0.3) is 0 Å². The van der Waals surface area contributed by atoms with Crippen LogP contribution in [0.15, 0.2) is 18.5 Å². The van der Waals surface area contributed by atoms with Crippen molar-refractivity contribution < 1.29 is 13.2 Å². The molecule has 1 unspecified atom stereocenters. The van der Waals surface area contributed by atoms with Gasteiger partial charge in [-0.3, -0.25) is 4.40 Å². The maximum Gasteiger partial charge on any atom is 0.434 e. The third kappa shape index (κ3) is 3.76. The maximum absolute atomic E-state index is 12.9. The minimum absolute atomic E-state index is 0.284. The SMILES string of the molecule is Cc1cc(C)n2cc(CN(C)CC3CCc4nc(C(F)(F)F)cn4C3)nc2n1. The molecule has 1 atom stereocenters. The zero-order valence-corrected chi connectivity index (χ0v) is 16.2. The van der Waals surface area contributed by atoms with Crippen LogP contribution < -0.4 is 0 Å². The zero-order chi connectivity index (χ0) is 20.1. The molecule has 150 valence electrons. The van der Waals surface area contributed by atoms with Crippen molar-refractivity contribution in [3.8, 4) is 0 Å². The van der Waals surface area contributed by atoms with Crippen LogP contribution in [0.3, 0.4) is 0 Å². The lowest BCUT2D eigenvalue weighted by atomic mass is 9.99. The number of hydrogen-bond acceptors (Lipinski definition) is 4. The van der Waals surface area contributed by atoms with E-state index in [0.29, 0.717) is 31.1 Å². The summed E-state index contributed by atoms with van der Waals surface area (Å²) < 4.78 is 42.2. The minimum atomic E-state index is -4.38. The molecule has 0 saturated heterocycles. The van der Waals surface area contributed by atoms with Gasteiger partial charge in [-0.2, -0.15) is 13.2 Å². The quantitative estimate of drug-likeness (QED) is 0.684. The molecule has 6 nitrogen and oxygen atoms in total. The Kier molecular flexibility index (Phi) is 4.65. The molecule has 0 N–H and O–H groups in total. The second-order valence-corrected chi connectivity index (χ2v) is 7.74. The lowest BCUT2D eigenvalue weighted by molar-refractivity contribution is -0.141. The predicted octanol–water partition coefficient (Wildman–Crippen LogP) is 3.26. The van der Waals surface area contributed by atoms with Crippen molar-refractivity contribution in [1.82, 2.24) is 28.8 Å². The van der Waals surface area contributed by atoms with E-state index in [0.717, 1.165) is 36.2 Å². The molecular weight excluding hydrogens is 369 g/mol. The van der Waals surface area contributed by atoms with Crippen molar-refractivity contribution >= 4 is 5.78 Å². The van der Waals surface area contributed by atoms with Gasteiger partial charge < -0.3 is 9.47 Å². The Bertz CT molecular complexity index is 1000. The van der Waals surface area contributed by atoms with Crippen molar-refractivity contribution in [3.63, 3.8) is 0 Å². The smallest absolute Gasteiger partial charge is 0.334 e. The summed E-state index contributed by atoms with van der Waals surface area (Å²) in [4.78, 5) is 15.0. The Morgan fingerprint density at radius 1 is 1.18 bits per heavy atom. The first-order valence-corrected chi connectivity index (χ1v) is 9.33. The molecular formula is C19H23F3N6. The fraction of sp³-hybridized carbons (Fsp3) is 0.526. The number of halogens is 3. The van der Waals surface area contributed by atoms with Crippen molar-refractivity contribution in [2.45, 2.75) is 46.0 Å². The predicted molar refractivity (Wildman–Crippen MR) is 97.8 cm³/mol. The van der Waals surface area contributed by atoms with Gasteiger partial charge in [-0.05, 0) is 39.3 Å². The number of imidazole rings is 2. The summed E-state index contributed by atoms with van der Waals surface area (Å²) in [5.74, 6) is 1.51. The number of aromatic nitrogens is 5. The molecule has 3 aromatic rings. The van der Waals surface area contributed by atoms with Crippen LogP contribution in [0.4, 0.5) is 13.2 Å². The highest BCUT2D eigenvalue weighted by Crippen LogP contribution is 2.30. The Hall–Kier alpha value is -2.42. The first-order chi connectivity index (χ1) is 13.2. The average molecular weight is 392 g/mol. The van der Waals surface area contributed by atoms with Gasteiger partial charge in [-0.15, -0.1) is 0 Å². The number of aryl methyl sites for hydroxylation is 3. The molecule has 1 aliphatic heterocycles.